The van der Waals surface area contributed by atoms with Crippen molar-refractivity contribution in [3.8, 4) is 5.75 Å². The maximum absolute atomic E-state index is 12.7. The molecule has 1 spiro atoms. The highest BCUT2D eigenvalue weighted by Gasteiger charge is 2.47. The minimum absolute atomic E-state index is 0.198. The molecular formula is C28H33N3O5. The molecule has 8 heteroatoms. The van der Waals surface area contributed by atoms with E-state index in [9.17, 15) is 9.59 Å². The Balaban J connectivity index is 1.26. The summed E-state index contributed by atoms with van der Waals surface area (Å²) in [6.45, 7) is 6.23. The van der Waals surface area contributed by atoms with Crippen LogP contribution in [0.3, 0.4) is 0 Å². The minimum atomic E-state index is -0.984. The van der Waals surface area contributed by atoms with Crippen molar-refractivity contribution in [1.82, 2.24) is 9.47 Å². The molecule has 1 aromatic heterocycles. The first-order valence-electron chi connectivity index (χ1n) is 12.6. The van der Waals surface area contributed by atoms with Gasteiger partial charge in [0.2, 0.25) is 0 Å². The van der Waals surface area contributed by atoms with Crippen LogP contribution in [0.2, 0.25) is 0 Å². The van der Waals surface area contributed by atoms with Crippen LogP contribution in [-0.2, 0) is 17.8 Å². The van der Waals surface area contributed by atoms with E-state index in [4.69, 9.17) is 14.6 Å². The molecule has 3 aromatic rings. The number of amides is 1. The summed E-state index contributed by atoms with van der Waals surface area (Å²) in [5.41, 5.74) is 2.88. The van der Waals surface area contributed by atoms with Crippen molar-refractivity contribution in [2.75, 3.05) is 31.6 Å². The van der Waals surface area contributed by atoms with Gasteiger partial charge in [0, 0.05) is 62.4 Å². The summed E-state index contributed by atoms with van der Waals surface area (Å²) in [5, 5.41) is 10.4. The van der Waals surface area contributed by atoms with E-state index >= 15 is 0 Å². The van der Waals surface area contributed by atoms with E-state index in [1.165, 1.54) is 28.6 Å². The van der Waals surface area contributed by atoms with E-state index in [-0.39, 0.29) is 11.7 Å². The van der Waals surface area contributed by atoms with Crippen LogP contribution in [0.4, 0.5) is 10.5 Å². The van der Waals surface area contributed by atoms with Crippen LogP contribution in [0.1, 0.15) is 48.5 Å². The molecule has 3 heterocycles. The lowest BCUT2D eigenvalue weighted by molar-refractivity contribution is -0.000898. The topological polar surface area (TPSA) is 84.2 Å². The third-order valence-electron chi connectivity index (χ3n) is 7.48. The summed E-state index contributed by atoms with van der Waals surface area (Å²) in [5.74, 6) is -0.114. The SMILES string of the molecule is CCCCn1cc(CN2CCC3(CC2)CN(c2ccc(C(=O)O)cc2)C(=O)O3)c2ccc(OC)cc21. The molecule has 8 nitrogen and oxygen atoms in total. The number of piperidine rings is 1. The van der Waals surface area contributed by atoms with Gasteiger partial charge in [-0.25, -0.2) is 9.59 Å². The highest BCUT2D eigenvalue weighted by molar-refractivity contribution is 5.92. The number of nitrogens with zero attached hydrogens (tertiary/aromatic N) is 3. The van der Waals surface area contributed by atoms with Crippen molar-refractivity contribution in [1.29, 1.82) is 0 Å². The third-order valence-corrected chi connectivity index (χ3v) is 7.48. The van der Waals surface area contributed by atoms with E-state index in [2.05, 4.69) is 34.7 Å². The summed E-state index contributed by atoms with van der Waals surface area (Å²) in [7, 11) is 1.70. The fourth-order valence-corrected chi connectivity index (χ4v) is 5.34. The molecule has 5 rings (SSSR count). The maximum Gasteiger partial charge on any atom is 0.415 e. The van der Waals surface area contributed by atoms with Crippen molar-refractivity contribution in [2.45, 2.75) is 51.3 Å². The lowest BCUT2D eigenvalue weighted by atomic mass is 9.91. The number of carboxylic acid groups (broad SMARTS) is 1. The average Bonchev–Trinajstić information content (AvgIpc) is 3.40. The van der Waals surface area contributed by atoms with Gasteiger partial charge in [-0.1, -0.05) is 13.3 Å². The molecule has 0 unspecified atom stereocenters. The first-order valence-corrected chi connectivity index (χ1v) is 12.6. The molecule has 0 aliphatic carbocycles. The van der Waals surface area contributed by atoms with E-state index in [0.29, 0.717) is 12.2 Å². The van der Waals surface area contributed by atoms with Crippen molar-refractivity contribution < 1.29 is 24.2 Å². The number of ether oxygens (including phenoxy) is 2. The Kier molecular flexibility index (Phi) is 6.62. The highest BCUT2D eigenvalue weighted by Crippen LogP contribution is 2.37. The second-order valence-electron chi connectivity index (χ2n) is 9.85. The number of likely N-dealkylation sites (tertiary alicyclic amines) is 1. The molecule has 2 saturated heterocycles. The molecule has 2 aliphatic rings. The number of anilines is 1. The number of rotatable bonds is 8. The third kappa shape index (κ3) is 4.65. The number of benzene rings is 2. The lowest BCUT2D eigenvalue weighted by Gasteiger charge is -2.37. The number of aryl methyl sites for hydroxylation is 1. The van der Waals surface area contributed by atoms with Crippen LogP contribution >= 0.6 is 0 Å². The van der Waals surface area contributed by atoms with Crippen LogP contribution in [0.5, 0.6) is 5.75 Å². The Morgan fingerprint density at radius 2 is 1.89 bits per heavy atom. The summed E-state index contributed by atoms with van der Waals surface area (Å²) >= 11 is 0. The molecule has 190 valence electrons. The Morgan fingerprint density at radius 1 is 1.14 bits per heavy atom. The van der Waals surface area contributed by atoms with Gasteiger partial charge >= 0.3 is 12.1 Å². The molecule has 0 saturated carbocycles. The maximum atomic E-state index is 12.7. The average molecular weight is 492 g/mol. The Morgan fingerprint density at radius 3 is 2.56 bits per heavy atom. The number of aromatic carboxylic acids is 1. The molecule has 36 heavy (non-hydrogen) atoms. The summed E-state index contributed by atoms with van der Waals surface area (Å²) in [4.78, 5) is 27.9. The van der Waals surface area contributed by atoms with Gasteiger partial charge in [-0.2, -0.15) is 0 Å². The van der Waals surface area contributed by atoms with Gasteiger partial charge in [0.05, 0.1) is 24.7 Å². The standard InChI is InChI=1S/C28H33N3O5/c1-3-4-13-30-18-21(24-10-9-23(35-2)16-25(24)30)17-29-14-11-28(12-15-29)19-31(27(34)36-28)22-7-5-20(6-8-22)26(32)33/h5-10,16,18H,3-4,11-15,17,19H2,1-2H3,(H,32,33). The monoisotopic (exact) mass is 491 g/mol. The first-order chi connectivity index (χ1) is 17.4. The molecule has 2 aromatic carbocycles. The number of methoxy groups -OCH3 is 1. The van der Waals surface area contributed by atoms with Crippen molar-refractivity contribution in [3.63, 3.8) is 0 Å². The zero-order valence-electron chi connectivity index (χ0n) is 20.9. The predicted octanol–water partition coefficient (Wildman–Crippen LogP) is 5.14. The van der Waals surface area contributed by atoms with Gasteiger partial charge in [-0.3, -0.25) is 9.80 Å². The number of carbonyl (C=O) groups is 2. The molecule has 0 bridgehead atoms. The number of hydrogen-bond acceptors (Lipinski definition) is 5. The number of hydrogen-bond donors (Lipinski definition) is 1. The van der Waals surface area contributed by atoms with Crippen LogP contribution in [-0.4, -0.2) is 59.0 Å². The number of carbonyl (C=O) groups excluding carboxylic acids is 1. The largest absolute Gasteiger partial charge is 0.497 e. The second kappa shape index (κ2) is 9.85. The lowest BCUT2D eigenvalue weighted by Crippen LogP contribution is -2.46. The second-order valence-corrected chi connectivity index (χ2v) is 9.85. The Bertz CT molecular complexity index is 1260. The van der Waals surface area contributed by atoms with Crippen LogP contribution < -0.4 is 9.64 Å². The van der Waals surface area contributed by atoms with Gasteiger partial charge in [0.1, 0.15) is 11.4 Å². The fraction of sp³-hybridized carbons (Fsp3) is 0.429. The van der Waals surface area contributed by atoms with Gasteiger partial charge in [0.15, 0.2) is 0 Å². The molecule has 1 N–H and O–H groups in total. The zero-order chi connectivity index (χ0) is 25.3. The minimum Gasteiger partial charge on any atom is -0.497 e. The molecule has 2 fully saturated rings. The highest BCUT2D eigenvalue weighted by atomic mass is 16.6. The summed E-state index contributed by atoms with van der Waals surface area (Å²) in [6.07, 6.45) is 5.73. The zero-order valence-corrected chi connectivity index (χ0v) is 20.9. The normalized spacial score (nSPS) is 17.6. The molecular weight excluding hydrogens is 458 g/mol. The van der Waals surface area contributed by atoms with Gasteiger partial charge in [-0.05, 0) is 48.4 Å². The van der Waals surface area contributed by atoms with Crippen LogP contribution in [0.25, 0.3) is 10.9 Å². The molecule has 1 amide bonds. The molecule has 0 atom stereocenters. The van der Waals surface area contributed by atoms with Crippen molar-refractivity contribution in [2.24, 2.45) is 0 Å². The summed E-state index contributed by atoms with van der Waals surface area (Å²) in [6, 6.07) is 12.7. The predicted molar refractivity (Wildman–Crippen MR) is 138 cm³/mol. The van der Waals surface area contributed by atoms with Crippen LogP contribution in [0.15, 0.2) is 48.7 Å². The fourth-order valence-electron chi connectivity index (χ4n) is 5.34. The number of fused-ring (bicyclic) bond motifs is 1. The number of unbranched alkanes of at least 4 members (excludes halogenated alkanes) is 1. The van der Waals surface area contributed by atoms with Gasteiger partial charge < -0.3 is 19.1 Å². The molecule has 2 aliphatic heterocycles. The first kappa shape index (κ1) is 24.2. The van der Waals surface area contributed by atoms with Crippen LogP contribution in [0, 0.1) is 0 Å². The van der Waals surface area contributed by atoms with E-state index in [1.54, 1.807) is 24.1 Å². The number of carboxylic acids is 1. The smallest absolute Gasteiger partial charge is 0.415 e. The van der Waals surface area contributed by atoms with E-state index in [1.807, 2.05) is 6.07 Å². The van der Waals surface area contributed by atoms with E-state index in [0.717, 1.165) is 57.6 Å². The van der Waals surface area contributed by atoms with Gasteiger partial charge in [0.25, 0.3) is 0 Å². The van der Waals surface area contributed by atoms with Crippen molar-refractivity contribution >= 4 is 28.7 Å². The number of aromatic nitrogens is 1. The molecule has 0 radical (unpaired) electrons. The summed E-state index contributed by atoms with van der Waals surface area (Å²) < 4.78 is 13.7. The Hall–Kier alpha value is -3.52. The Labute approximate surface area is 211 Å². The quantitative estimate of drug-likeness (QED) is 0.470. The van der Waals surface area contributed by atoms with E-state index < -0.39 is 11.6 Å². The van der Waals surface area contributed by atoms with Gasteiger partial charge in [-0.15, -0.1) is 0 Å². The van der Waals surface area contributed by atoms with Crippen molar-refractivity contribution in [3.05, 3.63) is 59.8 Å².